The lowest BCUT2D eigenvalue weighted by molar-refractivity contribution is -0.161. The third-order valence-electron chi connectivity index (χ3n) is 9.97. The standard InChI is InChI=1S/C35H44N2O6/c1-6-9-12-20-42-33(41)29-28-31(39)37(27(22-38)23(4)8-3)30(35(28)18-17-34(29,5)43-35)32(40)36(19-7-2)26-16-15-24-13-10-11-14-25(24)21-26/h6-7,10-11,13-16,21,23,27-30,38H,1-2,8-9,12,17-20,22H2,3-5H3/t23-,27-,28-,29+,30?,34-,35?/m0/s1. The summed E-state index contributed by atoms with van der Waals surface area (Å²) >= 11 is 0. The molecule has 3 aliphatic heterocycles. The number of amides is 2. The van der Waals surface area contributed by atoms with Crippen molar-refractivity contribution in [3.8, 4) is 0 Å². The number of likely N-dealkylation sites (tertiary alicyclic amines) is 1. The number of unbranched alkanes of at least 4 members (excludes halogenated alkanes) is 1. The minimum Gasteiger partial charge on any atom is -0.465 e. The van der Waals surface area contributed by atoms with Gasteiger partial charge in [0.05, 0.1) is 30.8 Å². The molecule has 3 heterocycles. The molecule has 0 aliphatic carbocycles. The number of esters is 1. The van der Waals surface area contributed by atoms with E-state index in [0.29, 0.717) is 37.8 Å². The molecule has 1 spiro atoms. The van der Waals surface area contributed by atoms with Crippen molar-refractivity contribution in [1.29, 1.82) is 0 Å². The van der Waals surface area contributed by atoms with E-state index in [1.807, 2.05) is 63.2 Å². The second-order valence-electron chi connectivity index (χ2n) is 12.5. The molecule has 3 fully saturated rings. The molecule has 1 N–H and O–H groups in total. The maximum atomic E-state index is 14.9. The predicted molar refractivity (Wildman–Crippen MR) is 166 cm³/mol. The largest absolute Gasteiger partial charge is 0.465 e. The number of hydrogen-bond donors (Lipinski definition) is 1. The van der Waals surface area contributed by atoms with Gasteiger partial charge < -0.3 is 24.4 Å². The van der Waals surface area contributed by atoms with Crippen LogP contribution in [0.4, 0.5) is 5.69 Å². The summed E-state index contributed by atoms with van der Waals surface area (Å²) in [5, 5.41) is 12.7. The van der Waals surface area contributed by atoms with Crippen LogP contribution in [0.2, 0.25) is 0 Å². The van der Waals surface area contributed by atoms with Crippen molar-refractivity contribution in [2.45, 2.75) is 76.2 Å². The summed E-state index contributed by atoms with van der Waals surface area (Å²) in [5.74, 6) is -2.93. The Morgan fingerprint density at radius 3 is 2.60 bits per heavy atom. The lowest BCUT2D eigenvalue weighted by atomic mass is 9.66. The van der Waals surface area contributed by atoms with Gasteiger partial charge in [0, 0.05) is 12.2 Å². The van der Waals surface area contributed by atoms with Crippen molar-refractivity contribution in [2.24, 2.45) is 17.8 Å². The summed E-state index contributed by atoms with van der Waals surface area (Å²) in [6.07, 6.45) is 6.45. The van der Waals surface area contributed by atoms with Gasteiger partial charge in [0.2, 0.25) is 5.91 Å². The van der Waals surface area contributed by atoms with Crippen LogP contribution in [0.25, 0.3) is 10.8 Å². The summed E-state index contributed by atoms with van der Waals surface area (Å²) in [7, 11) is 0. The van der Waals surface area contributed by atoms with Crippen LogP contribution < -0.4 is 4.90 Å². The summed E-state index contributed by atoms with van der Waals surface area (Å²) in [6, 6.07) is 12.1. The number of aliphatic hydroxyl groups is 1. The van der Waals surface area contributed by atoms with Gasteiger partial charge in [0.1, 0.15) is 17.6 Å². The topological polar surface area (TPSA) is 96.4 Å². The molecule has 0 aromatic heterocycles. The van der Waals surface area contributed by atoms with Crippen molar-refractivity contribution in [3.05, 3.63) is 67.8 Å². The van der Waals surface area contributed by atoms with Gasteiger partial charge in [0.25, 0.3) is 5.91 Å². The van der Waals surface area contributed by atoms with Crippen LogP contribution >= 0.6 is 0 Å². The molecule has 8 nitrogen and oxygen atoms in total. The molecular formula is C35H44N2O6. The predicted octanol–water partition coefficient (Wildman–Crippen LogP) is 5.04. The van der Waals surface area contributed by atoms with Gasteiger partial charge in [-0.2, -0.15) is 0 Å². The van der Waals surface area contributed by atoms with Gasteiger partial charge in [0.15, 0.2) is 0 Å². The molecule has 43 heavy (non-hydrogen) atoms. The molecule has 7 atom stereocenters. The Morgan fingerprint density at radius 1 is 1.19 bits per heavy atom. The van der Waals surface area contributed by atoms with E-state index in [0.717, 1.165) is 10.8 Å². The molecule has 2 unspecified atom stereocenters. The van der Waals surface area contributed by atoms with Crippen molar-refractivity contribution < 1.29 is 29.0 Å². The quantitative estimate of drug-likeness (QED) is 0.200. The van der Waals surface area contributed by atoms with Crippen molar-refractivity contribution in [3.63, 3.8) is 0 Å². The lowest BCUT2D eigenvalue weighted by Gasteiger charge is -2.41. The summed E-state index contributed by atoms with van der Waals surface area (Å²) in [5.41, 5.74) is -1.47. The molecule has 2 aromatic rings. The first kappa shape index (κ1) is 31.0. The number of fused-ring (bicyclic) bond motifs is 2. The molecule has 5 rings (SSSR count). The zero-order chi connectivity index (χ0) is 30.9. The molecule has 2 aromatic carbocycles. The fraction of sp³-hybridized carbons (Fsp3) is 0.514. The molecule has 0 saturated carbocycles. The third kappa shape index (κ3) is 5.08. The minimum absolute atomic E-state index is 0.0925. The Bertz CT molecular complexity index is 1410. The van der Waals surface area contributed by atoms with Crippen molar-refractivity contribution in [1.82, 2.24) is 4.90 Å². The maximum absolute atomic E-state index is 14.9. The highest BCUT2D eigenvalue weighted by molar-refractivity contribution is 6.05. The first-order valence-electron chi connectivity index (χ1n) is 15.5. The summed E-state index contributed by atoms with van der Waals surface area (Å²) in [4.78, 5) is 46.3. The number of ether oxygens (including phenoxy) is 2. The molecule has 3 aliphatic rings. The first-order chi connectivity index (χ1) is 20.7. The highest BCUT2D eigenvalue weighted by atomic mass is 16.6. The number of rotatable bonds is 13. The fourth-order valence-corrected chi connectivity index (χ4v) is 7.61. The summed E-state index contributed by atoms with van der Waals surface area (Å²) in [6.45, 7) is 13.6. The Balaban J connectivity index is 1.59. The number of benzene rings is 2. The lowest BCUT2D eigenvalue weighted by Crippen LogP contribution is -2.60. The number of carbonyl (C=O) groups excluding carboxylic acids is 3. The Hall–Kier alpha value is -3.49. The highest BCUT2D eigenvalue weighted by Crippen LogP contribution is 2.64. The van der Waals surface area contributed by atoms with E-state index in [1.54, 1.807) is 22.0 Å². The number of aliphatic hydroxyl groups excluding tert-OH is 1. The zero-order valence-electron chi connectivity index (χ0n) is 25.5. The van der Waals surface area contributed by atoms with E-state index in [4.69, 9.17) is 9.47 Å². The Labute approximate surface area is 254 Å². The van der Waals surface area contributed by atoms with E-state index in [-0.39, 0.29) is 37.5 Å². The van der Waals surface area contributed by atoms with E-state index < -0.39 is 41.1 Å². The molecule has 8 heteroatoms. The van der Waals surface area contributed by atoms with E-state index >= 15 is 0 Å². The van der Waals surface area contributed by atoms with Gasteiger partial charge in [-0.1, -0.05) is 62.8 Å². The SMILES string of the molecule is C=CCCCOC(=O)[C@H]1[C@H]2C(=O)N([C@@H](CO)[C@@H](C)CC)C(C(=O)N(CC=C)c3ccc4ccccc4c3)C23CC[C@]1(C)O3. The second kappa shape index (κ2) is 12.2. The molecule has 2 bridgehead atoms. The number of nitrogens with zero attached hydrogens (tertiary/aromatic N) is 2. The van der Waals surface area contributed by atoms with E-state index in [2.05, 4.69) is 13.2 Å². The minimum atomic E-state index is -1.22. The Morgan fingerprint density at radius 2 is 1.93 bits per heavy atom. The second-order valence-corrected chi connectivity index (χ2v) is 12.5. The molecular weight excluding hydrogens is 544 g/mol. The van der Waals surface area contributed by atoms with Crippen LogP contribution in [-0.2, 0) is 23.9 Å². The van der Waals surface area contributed by atoms with Crippen LogP contribution in [0, 0.1) is 17.8 Å². The van der Waals surface area contributed by atoms with Crippen molar-refractivity contribution in [2.75, 3.05) is 24.7 Å². The number of hydrogen-bond acceptors (Lipinski definition) is 6. The monoisotopic (exact) mass is 588 g/mol. The van der Waals surface area contributed by atoms with Gasteiger partial charge in [-0.25, -0.2) is 0 Å². The van der Waals surface area contributed by atoms with Crippen LogP contribution in [0.5, 0.6) is 0 Å². The summed E-state index contributed by atoms with van der Waals surface area (Å²) < 4.78 is 12.5. The maximum Gasteiger partial charge on any atom is 0.312 e. The van der Waals surface area contributed by atoms with E-state index in [9.17, 15) is 19.5 Å². The van der Waals surface area contributed by atoms with Crippen LogP contribution in [0.3, 0.4) is 0 Å². The van der Waals surface area contributed by atoms with Gasteiger partial charge in [-0.3, -0.25) is 14.4 Å². The average Bonchev–Trinajstić information content (AvgIpc) is 3.58. The third-order valence-corrected chi connectivity index (χ3v) is 9.97. The fourth-order valence-electron chi connectivity index (χ4n) is 7.61. The van der Waals surface area contributed by atoms with Gasteiger partial charge in [-0.15, -0.1) is 13.2 Å². The highest BCUT2D eigenvalue weighted by Gasteiger charge is 2.79. The van der Waals surface area contributed by atoms with Gasteiger partial charge >= 0.3 is 5.97 Å². The number of allylic oxidation sites excluding steroid dienone is 1. The number of carbonyl (C=O) groups is 3. The normalized spacial score (nSPS) is 28.9. The first-order valence-corrected chi connectivity index (χ1v) is 15.5. The number of anilines is 1. The Kier molecular flexibility index (Phi) is 8.82. The zero-order valence-corrected chi connectivity index (χ0v) is 25.5. The van der Waals surface area contributed by atoms with E-state index in [1.165, 1.54) is 0 Å². The molecule has 3 saturated heterocycles. The molecule has 0 radical (unpaired) electrons. The average molecular weight is 589 g/mol. The van der Waals surface area contributed by atoms with Crippen LogP contribution in [0.1, 0.15) is 52.9 Å². The van der Waals surface area contributed by atoms with Gasteiger partial charge in [-0.05, 0) is 61.4 Å². The van der Waals surface area contributed by atoms with Crippen molar-refractivity contribution >= 4 is 34.2 Å². The smallest absolute Gasteiger partial charge is 0.312 e. The van der Waals surface area contributed by atoms with Crippen LogP contribution in [0.15, 0.2) is 67.8 Å². The molecule has 2 amide bonds. The van der Waals surface area contributed by atoms with Crippen LogP contribution in [-0.4, -0.2) is 70.8 Å². The molecule has 230 valence electrons.